The number of nitrogen functional groups attached to an aromatic ring is 1. The molecule has 2 aromatic rings. The molecule has 104 valence electrons. The fraction of sp³-hybridized carbons (Fsp3) is 0.250. The lowest BCUT2D eigenvalue weighted by molar-refractivity contribution is 0.248. The molecule has 0 saturated carbocycles. The fourth-order valence-corrected chi connectivity index (χ4v) is 2.32. The summed E-state index contributed by atoms with van der Waals surface area (Å²) in [5, 5.41) is 0. The first-order valence-electron chi connectivity index (χ1n) is 6.56. The Morgan fingerprint density at radius 3 is 2.95 bits per heavy atom. The number of fused-ring (bicyclic) bond motifs is 1. The van der Waals surface area contributed by atoms with Gasteiger partial charge in [0.2, 0.25) is 0 Å². The minimum absolute atomic E-state index is 0.233. The number of hydrogen-bond acceptors (Lipinski definition) is 4. The third-order valence-electron chi connectivity index (χ3n) is 3.46. The van der Waals surface area contributed by atoms with Crippen LogP contribution in [0.25, 0.3) is 0 Å². The Kier molecular flexibility index (Phi) is 3.37. The summed E-state index contributed by atoms with van der Waals surface area (Å²) in [6.45, 7) is 1.18. The fourth-order valence-electron chi connectivity index (χ4n) is 2.32. The van der Waals surface area contributed by atoms with Gasteiger partial charge in [0.1, 0.15) is 17.2 Å². The van der Waals surface area contributed by atoms with E-state index in [9.17, 15) is 0 Å². The van der Waals surface area contributed by atoms with Gasteiger partial charge in [-0.1, -0.05) is 18.2 Å². The molecule has 0 aliphatic carbocycles. The maximum atomic E-state index is 5.91. The second-order valence-electron chi connectivity index (χ2n) is 4.76. The predicted octanol–water partition coefficient (Wildman–Crippen LogP) is 2.83. The second-order valence-corrected chi connectivity index (χ2v) is 4.76. The molecule has 4 nitrogen and oxygen atoms in total. The number of benzene rings is 2. The molecular formula is C16H17NO3. The van der Waals surface area contributed by atoms with E-state index >= 15 is 0 Å². The Bertz CT molecular complexity index is 612. The number of ether oxygens (including phenoxy) is 3. The Morgan fingerprint density at radius 2 is 2.10 bits per heavy atom. The molecule has 4 heteroatoms. The first-order chi connectivity index (χ1) is 9.78. The quantitative estimate of drug-likeness (QED) is 0.869. The lowest BCUT2D eigenvalue weighted by atomic mass is 10.0. The van der Waals surface area contributed by atoms with E-state index in [4.69, 9.17) is 19.9 Å². The molecule has 2 aromatic carbocycles. The molecule has 20 heavy (non-hydrogen) atoms. The smallest absolute Gasteiger partial charge is 0.145 e. The molecule has 3 rings (SSSR count). The molecule has 1 aliphatic heterocycles. The van der Waals surface area contributed by atoms with Crippen LogP contribution in [0.1, 0.15) is 11.5 Å². The van der Waals surface area contributed by atoms with Crippen molar-refractivity contribution in [2.75, 3.05) is 26.1 Å². The SMILES string of the molecule is COc1ccc(N)c(OCC2COc3ccccc32)c1. The molecule has 2 N–H and O–H groups in total. The summed E-state index contributed by atoms with van der Waals surface area (Å²) in [6, 6.07) is 13.4. The van der Waals surface area contributed by atoms with E-state index in [-0.39, 0.29) is 5.92 Å². The van der Waals surface area contributed by atoms with Crippen molar-refractivity contribution >= 4 is 5.69 Å². The van der Waals surface area contributed by atoms with Crippen LogP contribution in [0.15, 0.2) is 42.5 Å². The highest BCUT2D eigenvalue weighted by atomic mass is 16.5. The average molecular weight is 271 g/mol. The summed E-state index contributed by atoms with van der Waals surface area (Å²) in [5.41, 5.74) is 7.71. The van der Waals surface area contributed by atoms with E-state index in [1.165, 1.54) is 5.56 Å². The molecule has 0 aromatic heterocycles. The lowest BCUT2D eigenvalue weighted by Crippen LogP contribution is -2.12. The Balaban J connectivity index is 1.72. The van der Waals surface area contributed by atoms with Gasteiger partial charge >= 0.3 is 0 Å². The Morgan fingerprint density at radius 1 is 1.25 bits per heavy atom. The molecule has 0 saturated heterocycles. The maximum Gasteiger partial charge on any atom is 0.145 e. The highest BCUT2D eigenvalue weighted by Crippen LogP contribution is 2.35. The van der Waals surface area contributed by atoms with Crippen LogP contribution >= 0.6 is 0 Å². The molecule has 1 unspecified atom stereocenters. The van der Waals surface area contributed by atoms with Gasteiger partial charge < -0.3 is 19.9 Å². The van der Waals surface area contributed by atoms with Crippen molar-refractivity contribution < 1.29 is 14.2 Å². The van der Waals surface area contributed by atoms with Crippen LogP contribution < -0.4 is 19.9 Å². The lowest BCUT2D eigenvalue weighted by Gasteiger charge is -2.13. The largest absolute Gasteiger partial charge is 0.497 e. The monoisotopic (exact) mass is 271 g/mol. The minimum Gasteiger partial charge on any atom is -0.497 e. The summed E-state index contributed by atoms with van der Waals surface area (Å²) in [5.74, 6) is 2.56. The zero-order valence-electron chi connectivity index (χ0n) is 11.3. The van der Waals surface area contributed by atoms with Crippen LogP contribution in [0, 0.1) is 0 Å². The highest BCUT2D eigenvalue weighted by molar-refractivity contribution is 5.55. The van der Waals surface area contributed by atoms with Gasteiger partial charge in [-0.3, -0.25) is 0 Å². The van der Waals surface area contributed by atoms with Gasteiger partial charge in [-0.15, -0.1) is 0 Å². The van der Waals surface area contributed by atoms with E-state index in [0.29, 0.717) is 24.7 Å². The predicted molar refractivity (Wildman–Crippen MR) is 77.6 cm³/mol. The zero-order chi connectivity index (χ0) is 13.9. The van der Waals surface area contributed by atoms with Gasteiger partial charge in [0.25, 0.3) is 0 Å². The van der Waals surface area contributed by atoms with Gasteiger partial charge in [0.15, 0.2) is 0 Å². The second kappa shape index (κ2) is 5.33. The van der Waals surface area contributed by atoms with Crippen LogP contribution in [0.4, 0.5) is 5.69 Å². The number of methoxy groups -OCH3 is 1. The van der Waals surface area contributed by atoms with Gasteiger partial charge in [-0.05, 0) is 18.2 Å². The summed E-state index contributed by atoms with van der Waals surface area (Å²) in [4.78, 5) is 0. The molecule has 0 bridgehead atoms. The van der Waals surface area contributed by atoms with E-state index in [1.807, 2.05) is 24.3 Å². The van der Waals surface area contributed by atoms with Crippen LogP contribution in [0.3, 0.4) is 0 Å². The number of rotatable bonds is 4. The third-order valence-corrected chi connectivity index (χ3v) is 3.46. The van der Waals surface area contributed by atoms with Gasteiger partial charge in [0.05, 0.1) is 31.9 Å². The average Bonchev–Trinajstić information content (AvgIpc) is 2.90. The van der Waals surface area contributed by atoms with Crippen LogP contribution in [-0.4, -0.2) is 20.3 Å². The van der Waals surface area contributed by atoms with Crippen molar-refractivity contribution in [3.8, 4) is 17.2 Å². The summed E-state index contributed by atoms with van der Waals surface area (Å²) in [7, 11) is 1.62. The third kappa shape index (κ3) is 2.37. The normalized spacial score (nSPS) is 16.4. The summed E-state index contributed by atoms with van der Waals surface area (Å²) < 4.78 is 16.7. The molecule has 1 atom stereocenters. The number of para-hydroxylation sites is 1. The Labute approximate surface area is 118 Å². The van der Waals surface area contributed by atoms with Crippen molar-refractivity contribution in [1.82, 2.24) is 0 Å². The van der Waals surface area contributed by atoms with E-state index < -0.39 is 0 Å². The molecule has 1 heterocycles. The Hall–Kier alpha value is -2.36. The van der Waals surface area contributed by atoms with Crippen LogP contribution in [0.5, 0.6) is 17.2 Å². The summed E-state index contributed by atoms with van der Waals surface area (Å²) in [6.07, 6.45) is 0. The number of hydrogen-bond donors (Lipinski definition) is 1. The molecule has 0 radical (unpaired) electrons. The standard InChI is InChI=1S/C16H17NO3/c1-18-12-6-7-14(17)16(8-12)20-10-11-9-19-15-5-3-2-4-13(11)15/h2-8,11H,9-10,17H2,1H3. The molecule has 0 spiro atoms. The van der Waals surface area contributed by atoms with Crippen LogP contribution in [-0.2, 0) is 0 Å². The minimum atomic E-state index is 0.233. The van der Waals surface area contributed by atoms with Crippen molar-refractivity contribution in [3.63, 3.8) is 0 Å². The summed E-state index contributed by atoms with van der Waals surface area (Å²) >= 11 is 0. The maximum absolute atomic E-state index is 5.91. The molecule has 0 amide bonds. The number of anilines is 1. The van der Waals surface area contributed by atoms with Crippen molar-refractivity contribution in [1.29, 1.82) is 0 Å². The first kappa shape index (κ1) is 12.7. The zero-order valence-corrected chi connectivity index (χ0v) is 11.3. The van der Waals surface area contributed by atoms with Crippen molar-refractivity contribution in [2.24, 2.45) is 0 Å². The molecule has 1 aliphatic rings. The molecular weight excluding hydrogens is 254 g/mol. The van der Waals surface area contributed by atoms with Gasteiger partial charge in [-0.2, -0.15) is 0 Å². The molecule has 0 fully saturated rings. The van der Waals surface area contributed by atoms with Crippen molar-refractivity contribution in [3.05, 3.63) is 48.0 Å². The first-order valence-corrected chi connectivity index (χ1v) is 6.56. The van der Waals surface area contributed by atoms with Gasteiger partial charge in [-0.25, -0.2) is 0 Å². The van der Waals surface area contributed by atoms with Crippen molar-refractivity contribution in [2.45, 2.75) is 5.92 Å². The van der Waals surface area contributed by atoms with E-state index in [2.05, 4.69) is 6.07 Å². The topological polar surface area (TPSA) is 53.7 Å². The van der Waals surface area contributed by atoms with E-state index in [0.717, 1.165) is 11.5 Å². The van der Waals surface area contributed by atoms with E-state index in [1.54, 1.807) is 19.2 Å². The van der Waals surface area contributed by atoms with Crippen LogP contribution in [0.2, 0.25) is 0 Å². The highest BCUT2D eigenvalue weighted by Gasteiger charge is 2.24. The van der Waals surface area contributed by atoms with Gasteiger partial charge in [0, 0.05) is 11.6 Å². The number of nitrogens with two attached hydrogens (primary N) is 1.